The van der Waals surface area contributed by atoms with E-state index >= 15 is 0 Å². The summed E-state index contributed by atoms with van der Waals surface area (Å²) in [4.78, 5) is 25.3. The van der Waals surface area contributed by atoms with Crippen molar-refractivity contribution in [1.29, 1.82) is 0 Å². The van der Waals surface area contributed by atoms with Crippen molar-refractivity contribution in [2.24, 2.45) is 0 Å². The molecule has 1 atom stereocenters. The zero-order valence-electron chi connectivity index (χ0n) is 16.0. The predicted octanol–water partition coefficient (Wildman–Crippen LogP) is 3.13. The highest BCUT2D eigenvalue weighted by Crippen LogP contribution is 2.18. The number of sulfone groups is 1. The third-order valence-corrected chi connectivity index (χ3v) is 5.46. The fourth-order valence-corrected chi connectivity index (χ4v) is 3.54. The van der Waals surface area contributed by atoms with Crippen molar-refractivity contribution >= 4 is 38.9 Å². The first-order chi connectivity index (χ1) is 13.1. The summed E-state index contributed by atoms with van der Waals surface area (Å²) in [6.07, 6.45) is 1.04. The molecule has 0 aliphatic carbocycles. The van der Waals surface area contributed by atoms with Crippen molar-refractivity contribution in [3.05, 3.63) is 64.2 Å². The monoisotopic (exact) mass is 422 g/mol. The summed E-state index contributed by atoms with van der Waals surface area (Å²) in [6, 6.07) is 11.0. The summed E-state index contributed by atoms with van der Waals surface area (Å²) in [5, 5.41) is 5.61. The molecule has 0 heterocycles. The van der Waals surface area contributed by atoms with Crippen LogP contribution in [0.5, 0.6) is 0 Å². The molecule has 2 aromatic carbocycles. The number of nitrogens with one attached hydrogen (secondary N) is 2. The lowest BCUT2D eigenvalue weighted by atomic mass is 10.1. The number of rotatable bonds is 7. The fraction of sp³-hybridized carbons (Fsp3) is 0.300. The zero-order valence-corrected chi connectivity index (χ0v) is 17.5. The minimum Gasteiger partial charge on any atom is -0.340 e. The van der Waals surface area contributed by atoms with E-state index in [2.05, 4.69) is 10.6 Å². The highest BCUT2D eigenvalue weighted by atomic mass is 35.5. The van der Waals surface area contributed by atoms with Gasteiger partial charge in [-0.15, -0.1) is 0 Å². The second kappa shape index (κ2) is 9.21. The number of carbonyl (C=O) groups excluding carboxylic acids is 2. The number of hydrogen-bond acceptors (Lipinski definition) is 4. The minimum atomic E-state index is -3.31. The Labute approximate surface area is 170 Å². The molecule has 0 spiro atoms. The first-order valence-corrected chi connectivity index (χ1v) is 11.1. The first-order valence-electron chi connectivity index (χ1n) is 8.68. The van der Waals surface area contributed by atoms with Crippen molar-refractivity contribution in [2.75, 3.05) is 17.3 Å². The average Bonchev–Trinajstić information content (AvgIpc) is 2.60. The van der Waals surface area contributed by atoms with Crippen molar-refractivity contribution in [2.45, 2.75) is 26.3 Å². The SMILES string of the molecule is Cc1ccc(NC(=O)[C@H](CCS(C)(=O)=O)NC(=O)c2ccccc2Cl)c(C)c1. The van der Waals surface area contributed by atoms with Gasteiger partial charge in [0.15, 0.2) is 0 Å². The van der Waals surface area contributed by atoms with Gasteiger partial charge in [-0.3, -0.25) is 9.59 Å². The maximum absolute atomic E-state index is 12.8. The van der Waals surface area contributed by atoms with E-state index in [4.69, 9.17) is 11.6 Å². The molecule has 0 radical (unpaired) electrons. The largest absolute Gasteiger partial charge is 0.340 e. The Morgan fingerprint density at radius 3 is 2.39 bits per heavy atom. The molecule has 2 aromatic rings. The first kappa shape index (κ1) is 21.9. The minimum absolute atomic E-state index is 0.0498. The van der Waals surface area contributed by atoms with Crippen LogP contribution in [0.1, 0.15) is 27.9 Å². The molecule has 2 rings (SSSR count). The van der Waals surface area contributed by atoms with Crippen LogP contribution >= 0.6 is 11.6 Å². The van der Waals surface area contributed by atoms with Gasteiger partial charge in [-0.1, -0.05) is 41.4 Å². The van der Waals surface area contributed by atoms with E-state index in [1.807, 2.05) is 26.0 Å². The standard InChI is InChI=1S/C20H23ClN2O4S/c1-13-8-9-17(14(2)12-13)22-20(25)18(10-11-28(3,26)27)23-19(24)15-6-4-5-7-16(15)21/h4-9,12,18H,10-11H2,1-3H3,(H,22,25)(H,23,24)/t18-/m0/s1. The van der Waals surface area contributed by atoms with Crippen LogP contribution in [0.15, 0.2) is 42.5 Å². The maximum Gasteiger partial charge on any atom is 0.253 e. The molecular formula is C20H23ClN2O4S. The van der Waals surface area contributed by atoms with Crippen LogP contribution in [0.3, 0.4) is 0 Å². The van der Waals surface area contributed by atoms with Gasteiger partial charge in [0.05, 0.1) is 16.3 Å². The van der Waals surface area contributed by atoms with Crippen LogP contribution < -0.4 is 10.6 Å². The van der Waals surface area contributed by atoms with E-state index in [0.29, 0.717) is 5.69 Å². The van der Waals surface area contributed by atoms with Crippen molar-refractivity contribution in [3.63, 3.8) is 0 Å². The Morgan fingerprint density at radius 1 is 1.11 bits per heavy atom. The highest BCUT2D eigenvalue weighted by molar-refractivity contribution is 7.90. The predicted molar refractivity (Wildman–Crippen MR) is 112 cm³/mol. The fourth-order valence-electron chi connectivity index (χ4n) is 2.66. The smallest absolute Gasteiger partial charge is 0.253 e. The molecule has 8 heteroatoms. The second-order valence-electron chi connectivity index (χ2n) is 6.73. The summed E-state index contributed by atoms with van der Waals surface area (Å²) in [5.74, 6) is -1.27. The van der Waals surface area contributed by atoms with Gasteiger partial charge in [0.2, 0.25) is 5.91 Å². The quantitative estimate of drug-likeness (QED) is 0.716. The summed E-state index contributed by atoms with van der Waals surface area (Å²) < 4.78 is 23.1. The third kappa shape index (κ3) is 6.35. The molecule has 6 nitrogen and oxygen atoms in total. The molecule has 0 bridgehead atoms. The van der Waals surface area contributed by atoms with Crippen LogP contribution in [-0.2, 0) is 14.6 Å². The normalized spacial score (nSPS) is 12.3. The van der Waals surface area contributed by atoms with Crippen molar-refractivity contribution < 1.29 is 18.0 Å². The Balaban J connectivity index is 2.21. The lowest BCUT2D eigenvalue weighted by molar-refractivity contribution is -0.118. The molecule has 2 N–H and O–H groups in total. The van der Waals surface area contributed by atoms with Crippen LogP contribution in [0.2, 0.25) is 5.02 Å². The molecule has 0 aliphatic rings. The van der Waals surface area contributed by atoms with Crippen LogP contribution in [0.25, 0.3) is 0 Å². The molecule has 2 amide bonds. The molecule has 150 valence electrons. The van der Waals surface area contributed by atoms with E-state index in [9.17, 15) is 18.0 Å². The lowest BCUT2D eigenvalue weighted by Gasteiger charge is -2.19. The highest BCUT2D eigenvalue weighted by Gasteiger charge is 2.24. The molecule has 28 heavy (non-hydrogen) atoms. The number of amides is 2. The topological polar surface area (TPSA) is 92.3 Å². The van der Waals surface area contributed by atoms with E-state index in [1.165, 1.54) is 6.07 Å². The summed E-state index contributed by atoms with van der Waals surface area (Å²) in [6.45, 7) is 3.80. The number of carbonyl (C=O) groups is 2. The van der Waals surface area contributed by atoms with E-state index < -0.39 is 27.7 Å². The van der Waals surface area contributed by atoms with Gasteiger partial charge in [0.25, 0.3) is 5.91 Å². The lowest BCUT2D eigenvalue weighted by Crippen LogP contribution is -2.45. The zero-order chi connectivity index (χ0) is 20.9. The molecule has 0 aliphatic heterocycles. The Kier molecular flexibility index (Phi) is 7.21. The van der Waals surface area contributed by atoms with Gasteiger partial charge in [0, 0.05) is 11.9 Å². The van der Waals surface area contributed by atoms with E-state index in [0.717, 1.165) is 17.4 Å². The molecule has 0 unspecified atom stereocenters. The number of anilines is 1. The Bertz CT molecular complexity index is 989. The van der Waals surface area contributed by atoms with Crippen molar-refractivity contribution in [3.8, 4) is 0 Å². The number of aryl methyl sites for hydroxylation is 2. The molecule has 0 saturated heterocycles. The average molecular weight is 423 g/mol. The van der Waals surface area contributed by atoms with Gasteiger partial charge in [0.1, 0.15) is 15.9 Å². The van der Waals surface area contributed by atoms with Crippen molar-refractivity contribution in [1.82, 2.24) is 5.32 Å². The molecule has 0 fully saturated rings. The third-order valence-electron chi connectivity index (χ3n) is 4.16. The van der Waals surface area contributed by atoms with E-state index in [-0.39, 0.29) is 22.8 Å². The van der Waals surface area contributed by atoms with Crippen LogP contribution in [0, 0.1) is 13.8 Å². The van der Waals surface area contributed by atoms with E-state index in [1.54, 1.807) is 24.3 Å². The Hall–Kier alpha value is -2.38. The summed E-state index contributed by atoms with van der Waals surface area (Å²) in [5.41, 5.74) is 2.74. The summed E-state index contributed by atoms with van der Waals surface area (Å²) >= 11 is 6.04. The maximum atomic E-state index is 12.8. The van der Waals surface area contributed by atoms with Gasteiger partial charge in [-0.25, -0.2) is 8.42 Å². The van der Waals surface area contributed by atoms with Gasteiger partial charge in [-0.05, 0) is 44.0 Å². The van der Waals surface area contributed by atoms with Gasteiger partial charge < -0.3 is 10.6 Å². The number of benzene rings is 2. The molecule has 0 saturated carbocycles. The van der Waals surface area contributed by atoms with Gasteiger partial charge >= 0.3 is 0 Å². The molecular weight excluding hydrogens is 400 g/mol. The summed E-state index contributed by atoms with van der Waals surface area (Å²) in [7, 11) is -3.31. The second-order valence-corrected chi connectivity index (χ2v) is 9.40. The molecule has 0 aromatic heterocycles. The number of halogens is 1. The Morgan fingerprint density at radius 2 is 1.79 bits per heavy atom. The number of hydrogen-bond donors (Lipinski definition) is 2. The van der Waals surface area contributed by atoms with Crippen LogP contribution in [-0.4, -0.2) is 38.3 Å². The van der Waals surface area contributed by atoms with Gasteiger partial charge in [-0.2, -0.15) is 0 Å². The van der Waals surface area contributed by atoms with Crippen LogP contribution in [0.4, 0.5) is 5.69 Å².